The van der Waals surface area contributed by atoms with Gasteiger partial charge in [-0.3, -0.25) is 4.79 Å². The van der Waals surface area contributed by atoms with Crippen molar-refractivity contribution in [1.29, 1.82) is 0 Å². The quantitative estimate of drug-likeness (QED) is 0.892. The van der Waals surface area contributed by atoms with Crippen LogP contribution in [0.3, 0.4) is 0 Å². The van der Waals surface area contributed by atoms with Crippen LogP contribution in [0, 0.1) is 0 Å². The van der Waals surface area contributed by atoms with Crippen LogP contribution >= 0.6 is 11.8 Å². The van der Waals surface area contributed by atoms with Crippen molar-refractivity contribution in [3.8, 4) is 0 Å². The molecule has 21 heavy (non-hydrogen) atoms. The molecule has 1 aliphatic rings. The molecule has 1 atom stereocenters. The maximum absolute atomic E-state index is 12.4. The van der Waals surface area contributed by atoms with Crippen LogP contribution in [0.15, 0.2) is 76.2 Å². The molecule has 2 nitrogen and oxygen atoms in total. The van der Waals surface area contributed by atoms with Crippen LogP contribution in [0.4, 0.5) is 0 Å². The van der Waals surface area contributed by atoms with E-state index in [1.807, 2.05) is 60.7 Å². The van der Waals surface area contributed by atoms with Crippen LogP contribution < -0.4 is 0 Å². The first-order valence-electron chi connectivity index (χ1n) is 6.97. The van der Waals surface area contributed by atoms with Gasteiger partial charge in [0.15, 0.2) is 5.78 Å². The van der Waals surface area contributed by atoms with Crippen LogP contribution in [0.1, 0.15) is 24.3 Å². The Balaban J connectivity index is 1.82. The first-order chi connectivity index (χ1) is 10.2. The van der Waals surface area contributed by atoms with Crippen LogP contribution in [0.25, 0.3) is 0 Å². The maximum atomic E-state index is 12.4. The smallest absolute Gasteiger partial charge is 0.173 e. The summed E-state index contributed by atoms with van der Waals surface area (Å²) in [5, 5.41) is 10.3. The molecular formula is C18H16O2S. The Morgan fingerprint density at radius 3 is 2.14 bits per heavy atom. The van der Waals surface area contributed by atoms with Crippen LogP contribution in [-0.2, 0) is 4.79 Å². The van der Waals surface area contributed by atoms with E-state index in [1.165, 1.54) is 11.8 Å². The lowest BCUT2D eigenvalue weighted by molar-refractivity contribution is -0.115. The van der Waals surface area contributed by atoms with Gasteiger partial charge in [0.05, 0.1) is 4.91 Å². The molecular weight excluding hydrogens is 280 g/mol. The zero-order valence-corrected chi connectivity index (χ0v) is 12.3. The Morgan fingerprint density at radius 2 is 1.52 bits per heavy atom. The van der Waals surface area contributed by atoms with Crippen LogP contribution in [0.2, 0.25) is 0 Å². The van der Waals surface area contributed by atoms with E-state index < -0.39 is 0 Å². The summed E-state index contributed by atoms with van der Waals surface area (Å²) >= 11 is 1.36. The third-order valence-electron chi connectivity index (χ3n) is 3.62. The Bertz CT molecular complexity index is 662. The average molecular weight is 296 g/mol. The molecule has 0 fully saturated rings. The first kappa shape index (κ1) is 14.0. The highest BCUT2D eigenvalue weighted by molar-refractivity contribution is 8.04. The number of aliphatic hydroxyl groups is 1. The molecule has 3 heteroatoms. The summed E-state index contributed by atoms with van der Waals surface area (Å²) in [5.74, 6) is 0.328. The highest BCUT2D eigenvalue weighted by Gasteiger charge is 2.29. The number of benzene rings is 2. The minimum atomic E-state index is 0.0291. The van der Waals surface area contributed by atoms with E-state index in [0.29, 0.717) is 17.7 Å². The van der Waals surface area contributed by atoms with E-state index in [0.717, 1.165) is 10.5 Å². The third-order valence-corrected chi connectivity index (χ3v) is 4.80. The number of aliphatic hydroxyl groups excluding tert-OH is 1. The number of thioether (sulfide) groups is 1. The fourth-order valence-corrected chi connectivity index (χ4v) is 3.49. The molecule has 3 rings (SSSR count). The van der Waals surface area contributed by atoms with Gasteiger partial charge in [-0.25, -0.2) is 0 Å². The molecule has 0 aliphatic heterocycles. The van der Waals surface area contributed by atoms with Gasteiger partial charge in [-0.1, -0.05) is 60.3 Å². The number of rotatable bonds is 3. The number of carbonyl (C=O) groups is 1. The van der Waals surface area contributed by atoms with E-state index in [4.69, 9.17) is 0 Å². The molecule has 2 aromatic carbocycles. The summed E-state index contributed by atoms with van der Waals surface area (Å²) in [6, 6.07) is 19.6. The topological polar surface area (TPSA) is 37.3 Å². The van der Waals surface area contributed by atoms with Crippen molar-refractivity contribution >= 4 is 17.5 Å². The van der Waals surface area contributed by atoms with Crippen LogP contribution in [0.5, 0.6) is 0 Å². The molecule has 0 amide bonds. The Kier molecular flexibility index (Phi) is 4.11. The number of ketones is 1. The standard InChI is InChI=1S/C18H16O2S/c19-16-11-14(13-7-3-1-4-8-13)12-17(20)18(16)21-15-9-5-2-6-10-15/h1-10,14,19H,11-12H2/t14-/m1/s1. The summed E-state index contributed by atoms with van der Waals surface area (Å²) in [5.41, 5.74) is 1.11. The summed E-state index contributed by atoms with van der Waals surface area (Å²) in [6.07, 6.45) is 0.994. The SMILES string of the molecule is O=C1C[C@H](c2ccccc2)CC(O)=C1Sc1ccccc1. The fourth-order valence-electron chi connectivity index (χ4n) is 2.56. The van der Waals surface area contributed by atoms with Gasteiger partial charge in [0.2, 0.25) is 0 Å². The minimum Gasteiger partial charge on any atom is -0.511 e. The van der Waals surface area contributed by atoms with Gasteiger partial charge in [0, 0.05) is 17.7 Å². The van der Waals surface area contributed by atoms with Crippen molar-refractivity contribution in [2.75, 3.05) is 0 Å². The Labute approximate surface area is 128 Å². The number of hydrogen-bond acceptors (Lipinski definition) is 3. The van der Waals surface area contributed by atoms with E-state index in [1.54, 1.807) is 0 Å². The highest BCUT2D eigenvalue weighted by atomic mass is 32.2. The predicted molar refractivity (Wildman–Crippen MR) is 85.4 cm³/mol. The molecule has 0 radical (unpaired) electrons. The first-order valence-corrected chi connectivity index (χ1v) is 7.79. The lowest BCUT2D eigenvalue weighted by Gasteiger charge is -2.23. The van der Waals surface area contributed by atoms with E-state index in [2.05, 4.69) is 0 Å². The Morgan fingerprint density at radius 1 is 0.905 bits per heavy atom. The van der Waals surface area contributed by atoms with E-state index in [9.17, 15) is 9.90 Å². The van der Waals surface area contributed by atoms with Crippen molar-refractivity contribution in [3.05, 3.63) is 76.9 Å². The number of carbonyl (C=O) groups excluding carboxylic acids is 1. The van der Waals surface area contributed by atoms with Gasteiger partial charge < -0.3 is 5.11 Å². The fraction of sp³-hybridized carbons (Fsp3) is 0.167. The monoisotopic (exact) mass is 296 g/mol. The molecule has 0 saturated carbocycles. The highest BCUT2D eigenvalue weighted by Crippen LogP contribution is 2.39. The van der Waals surface area contributed by atoms with Crippen molar-refractivity contribution in [1.82, 2.24) is 0 Å². The molecule has 1 N–H and O–H groups in total. The maximum Gasteiger partial charge on any atom is 0.173 e. The normalized spacial score (nSPS) is 18.9. The van der Waals surface area contributed by atoms with Gasteiger partial charge in [-0.05, 0) is 23.6 Å². The number of hydrogen-bond donors (Lipinski definition) is 1. The van der Waals surface area contributed by atoms with Gasteiger partial charge in [-0.2, -0.15) is 0 Å². The number of Topliss-reactive ketones (excluding diaryl/α,β-unsaturated/α-hetero) is 1. The van der Waals surface area contributed by atoms with Crippen molar-refractivity contribution < 1.29 is 9.90 Å². The molecule has 0 unspecified atom stereocenters. The molecule has 0 aromatic heterocycles. The molecule has 0 heterocycles. The van der Waals surface area contributed by atoms with Crippen LogP contribution in [-0.4, -0.2) is 10.9 Å². The van der Waals surface area contributed by atoms with Gasteiger partial charge in [0.25, 0.3) is 0 Å². The zero-order chi connectivity index (χ0) is 14.7. The van der Waals surface area contributed by atoms with Crippen molar-refractivity contribution in [3.63, 3.8) is 0 Å². The molecule has 0 bridgehead atoms. The molecule has 1 aliphatic carbocycles. The molecule has 0 saturated heterocycles. The summed E-state index contributed by atoms with van der Waals surface area (Å²) in [7, 11) is 0. The van der Waals surface area contributed by atoms with Crippen molar-refractivity contribution in [2.24, 2.45) is 0 Å². The summed E-state index contributed by atoms with van der Waals surface area (Å²) < 4.78 is 0. The average Bonchev–Trinajstić information content (AvgIpc) is 2.52. The van der Waals surface area contributed by atoms with Gasteiger partial charge in [0.1, 0.15) is 5.76 Å². The summed E-state index contributed by atoms with van der Waals surface area (Å²) in [4.78, 5) is 13.8. The van der Waals surface area contributed by atoms with E-state index in [-0.39, 0.29) is 17.5 Å². The molecule has 2 aromatic rings. The number of allylic oxidation sites excluding steroid dienone is 2. The molecule has 106 valence electrons. The van der Waals surface area contributed by atoms with E-state index >= 15 is 0 Å². The minimum absolute atomic E-state index is 0.0291. The lowest BCUT2D eigenvalue weighted by Crippen LogP contribution is -2.16. The predicted octanol–water partition coefficient (Wildman–Crippen LogP) is 4.70. The lowest BCUT2D eigenvalue weighted by atomic mass is 9.86. The zero-order valence-electron chi connectivity index (χ0n) is 11.5. The second kappa shape index (κ2) is 6.19. The Hall–Kier alpha value is -2.00. The van der Waals surface area contributed by atoms with Gasteiger partial charge in [-0.15, -0.1) is 0 Å². The summed E-state index contributed by atoms with van der Waals surface area (Å²) in [6.45, 7) is 0. The largest absolute Gasteiger partial charge is 0.511 e. The second-order valence-electron chi connectivity index (χ2n) is 5.13. The second-order valence-corrected chi connectivity index (χ2v) is 6.21. The third kappa shape index (κ3) is 3.19. The molecule has 0 spiro atoms. The van der Waals surface area contributed by atoms with Crippen molar-refractivity contribution in [2.45, 2.75) is 23.7 Å². The van der Waals surface area contributed by atoms with Gasteiger partial charge >= 0.3 is 0 Å².